The van der Waals surface area contributed by atoms with Crippen LogP contribution < -0.4 is 4.74 Å². The third kappa shape index (κ3) is 4.09. The maximum Gasteiger partial charge on any atom is 0.198 e. The number of Topliss-reactive ketones (excluding diaryl/α,β-unsaturated/α-hetero) is 1. The molecule has 0 radical (unpaired) electrons. The number of ketones is 1. The molecule has 0 bridgehead atoms. The maximum atomic E-state index is 13.0. The van der Waals surface area contributed by atoms with Crippen LogP contribution in [-0.2, 0) is 18.9 Å². The van der Waals surface area contributed by atoms with Gasteiger partial charge in [-0.2, -0.15) is 0 Å². The second-order valence-corrected chi connectivity index (χ2v) is 5.89. The molecule has 1 fully saturated rings. The van der Waals surface area contributed by atoms with Gasteiger partial charge < -0.3 is 23.7 Å². The first-order chi connectivity index (χ1) is 10.9. The van der Waals surface area contributed by atoms with Crippen molar-refractivity contribution in [2.75, 3.05) is 27.6 Å². The Kier molecular flexibility index (Phi) is 5.75. The monoisotopic (exact) mass is 324 g/mol. The van der Waals surface area contributed by atoms with Crippen LogP contribution in [0.1, 0.15) is 29.8 Å². The van der Waals surface area contributed by atoms with Crippen molar-refractivity contribution in [1.82, 2.24) is 0 Å². The van der Waals surface area contributed by atoms with Crippen LogP contribution in [0.3, 0.4) is 0 Å². The summed E-state index contributed by atoms with van der Waals surface area (Å²) in [5, 5.41) is 0. The van der Waals surface area contributed by atoms with Crippen molar-refractivity contribution < 1.29 is 28.5 Å². The van der Waals surface area contributed by atoms with E-state index in [-0.39, 0.29) is 19.2 Å². The average Bonchev–Trinajstić information content (AvgIpc) is 2.81. The van der Waals surface area contributed by atoms with E-state index < -0.39 is 18.0 Å². The number of benzene rings is 1. The van der Waals surface area contributed by atoms with Gasteiger partial charge in [-0.05, 0) is 32.4 Å². The Labute approximate surface area is 136 Å². The molecule has 6 nitrogen and oxygen atoms in total. The van der Waals surface area contributed by atoms with Crippen LogP contribution in [0.4, 0.5) is 0 Å². The van der Waals surface area contributed by atoms with Crippen molar-refractivity contribution in [3.8, 4) is 5.75 Å². The number of methoxy groups -OCH3 is 2. The van der Waals surface area contributed by atoms with Gasteiger partial charge in [0.15, 0.2) is 17.7 Å². The Bertz CT molecular complexity index is 554. The molecule has 0 aromatic heterocycles. The Morgan fingerprint density at radius 2 is 2.00 bits per heavy atom. The molecule has 1 aliphatic rings. The number of rotatable bonds is 7. The van der Waals surface area contributed by atoms with Gasteiger partial charge in [0, 0.05) is 7.11 Å². The summed E-state index contributed by atoms with van der Waals surface area (Å²) in [6.45, 7) is 5.77. The summed E-state index contributed by atoms with van der Waals surface area (Å²) in [4.78, 5) is 13.0. The molecule has 0 unspecified atom stereocenters. The fourth-order valence-electron chi connectivity index (χ4n) is 2.70. The van der Waals surface area contributed by atoms with E-state index in [1.54, 1.807) is 27.0 Å². The molecule has 1 saturated heterocycles. The number of carbonyl (C=O) groups is 1. The van der Waals surface area contributed by atoms with Crippen LogP contribution in [-0.4, -0.2) is 51.4 Å². The minimum Gasteiger partial charge on any atom is -0.496 e. The van der Waals surface area contributed by atoms with Gasteiger partial charge in [0.1, 0.15) is 18.6 Å². The minimum absolute atomic E-state index is 0.134. The van der Waals surface area contributed by atoms with E-state index in [2.05, 4.69) is 0 Å². The molecule has 23 heavy (non-hydrogen) atoms. The van der Waals surface area contributed by atoms with Gasteiger partial charge in [-0.1, -0.05) is 12.1 Å². The van der Waals surface area contributed by atoms with Crippen molar-refractivity contribution in [3.63, 3.8) is 0 Å². The summed E-state index contributed by atoms with van der Waals surface area (Å²) < 4.78 is 27.2. The standard InChI is InChI=1S/C17H24O6/c1-11-7-6-8-12(20-5)14(11)15(18)16-13(9-21-10-19-4)22-17(2,3)23-16/h6-8,13,16H,9-10H2,1-5H3/t13-,16+/m1/s1. The largest absolute Gasteiger partial charge is 0.496 e. The highest BCUT2D eigenvalue weighted by Crippen LogP contribution is 2.33. The summed E-state index contributed by atoms with van der Waals surface area (Å²) in [6, 6.07) is 5.48. The molecular weight excluding hydrogens is 300 g/mol. The molecule has 0 N–H and O–H groups in total. The highest BCUT2D eigenvalue weighted by Gasteiger charge is 2.46. The normalized spacial score (nSPS) is 23.0. The second-order valence-electron chi connectivity index (χ2n) is 5.89. The van der Waals surface area contributed by atoms with E-state index in [4.69, 9.17) is 23.7 Å². The first kappa shape index (κ1) is 17.9. The van der Waals surface area contributed by atoms with Crippen molar-refractivity contribution in [3.05, 3.63) is 29.3 Å². The molecule has 2 rings (SSSR count). The summed E-state index contributed by atoms with van der Waals surface area (Å²) in [5.74, 6) is -0.492. The van der Waals surface area contributed by atoms with E-state index in [0.717, 1.165) is 5.56 Å². The summed E-state index contributed by atoms with van der Waals surface area (Å²) in [7, 11) is 3.08. The average molecular weight is 324 g/mol. The molecule has 6 heteroatoms. The van der Waals surface area contributed by atoms with Crippen LogP contribution in [0, 0.1) is 6.92 Å². The molecular formula is C17H24O6. The fraction of sp³-hybridized carbons (Fsp3) is 0.588. The van der Waals surface area contributed by atoms with E-state index >= 15 is 0 Å². The first-order valence-electron chi connectivity index (χ1n) is 7.49. The topological polar surface area (TPSA) is 63.2 Å². The van der Waals surface area contributed by atoms with Crippen LogP contribution >= 0.6 is 0 Å². The number of aryl methyl sites for hydroxylation is 1. The third-order valence-corrected chi connectivity index (χ3v) is 3.63. The predicted octanol–water partition coefficient (Wildman–Crippen LogP) is 2.33. The molecule has 0 amide bonds. The Morgan fingerprint density at radius 3 is 2.65 bits per heavy atom. The van der Waals surface area contributed by atoms with Crippen LogP contribution in [0.15, 0.2) is 18.2 Å². The quantitative estimate of drug-likeness (QED) is 0.436. The lowest BCUT2D eigenvalue weighted by atomic mass is 9.97. The fourth-order valence-corrected chi connectivity index (χ4v) is 2.70. The van der Waals surface area contributed by atoms with Gasteiger partial charge in [-0.3, -0.25) is 4.79 Å². The summed E-state index contributed by atoms with van der Waals surface area (Å²) >= 11 is 0. The number of hydrogen-bond acceptors (Lipinski definition) is 6. The Balaban J connectivity index is 2.25. The van der Waals surface area contributed by atoms with Crippen LogP contribution in [0.2, 0.25) is 0 Å². The zero-order valence-corrected chi connectivity index (χ0v) is 14.3. The lowest BCUT2D eigenvalue weighted by molar-refractivity contribution is -0.153. The van der Waals surface area contributed by atoms with E-state index in [1.165, 1.54) is 7.11 Å². The summed E-state index contributed by atoms with van der Waals surface area (Å²) in [6.07, 6.45) is -1.26. The smallest absolute Gasteiger partial charge is 0.198 e. The van der Waals surface area contributed by atoms with Crippen molar-refractivity contribution in [2.24, 2.45) is 0 Å². The summed E-state index contributed by atoms with van der Waals surface area (Å²) in [5.41, 5.74) is 1.34. The van der Waals surface area contributed by atoms with Crippen molar-refractivity contribution in [1.29, 1.82) is 0 Å². The van der Waals surface area contributed by atoms with E-state index in [1.807, 2.05) is 19.1 Å². The molecule has 0 saturated carbocycles. The predicted molar refractivity (Wildman–Crippen MR) is 83.7 cm³/mol. The third-order valence-electron chi connectivity index (χ3n) is 3.63. The second kappa shape index (κ2) is 7.40. The number of ether oxygens (including phenoxy) is 5. The van der Waals surface area contributed by atoms with E-state index in [0.29, 0.717) is 11.3 Å². The molecule has 1 aromatic carbocycles. The van der Waals surface area contributed by atoms with Crippen LogP contribution in [0.25, 0.3) is 0 Å². The molecule has 0 aliphatic carbocycles. The van der Waals surface area contributed by atoms with Crippen LogP contribution in [0.5, 0.6) is 5.75 Å². The van der Waals surface area contributed by atoms with Gasteiger partial charge in [-0.25, -0.2) is 0 Å². The molecule has 2 atom stereocenters. The maximum absolute atomic E-state index is 13.0. The highest BCUT2D eigenvalue weighted by atomic mass is 16.8. The lowest BCUT2D eigenvalue weighted by Crippen LogP contribution is -2.35. The zero-order chi connectivity index (χ0) is 17.0. The number of hydrogen-bond donors (Lipinski definition) is 0. The first-order valence-corrected chi connectivity index (χ1v) is 7.49. The van der Waals surface area contributed by atoms with Crippen molar-refractivity contribution >= 4 is 5.78 Å². The van der Waals surface area contributed by atoms with Gasteiger partial charge in [-0.15, -0.1) is 0 Å². The number of carbonyl (C=O) groups excluding carboxylic acids is 1. The molecule has 1 aliphatic heterocycles. The van der Waals surface area contributed by atoms with Crippen molar-refractivity contribution in [2.45, 2.75) is 38.8 Å². The molecule has 0 spiro atoms. The zero-order valence-electron chi connectivity index (χ0n) is 14.3. The lowest BCUT2D eigenvalue weighted by Gasteiger charge is -2.18. The minimum atomic E-state index is -0.850. The molecule has 128 valence electrons. The van der Waals surface area contributed by atoms with Gasteiger partial charge in [0.25, 0.3) is 0 Å². The molecule has 1 heterocycles. The van der Waals surface area contributed by atoms with Gasteiger partial charge >= 0.3 is 0 Å². The Hall–Kier alpha value is -1.47. The Morgan fingerprint density at radius 1 is 1.26 bits per heavy atom. The highest BCUT2D eigenvalue weighted by molar-refractivity contribution is 6.03. The SMILES string of the molecule is COCOC[C@H]1OC(C)(C)O[C@@H]1C(=O)c1c(C)cccc1OC. The van der Waals surface area contributed by atoms with Gasteiger partial charge in [0.05, 0.1) is 19.3 Å². The molecule has 1 aromatic rings. The van der Waals surface area contributed by atoms with Gasteiger partial charge in [0.2, 0.25) is 0 Å². The van der Waals surface area contributed by atoms with E-state index in [9.17, 15) is 4.79 Å².